The number of rotatable bonds is 4. The van der Waals surface area contributed by atoms with E-state index in [0.29, 0.717) is 11.2 Å². The van der Waals surface area contributed by atoms with Gasteiger partial charge < -0.3 is 10.2 Å². The van der Waals surface area contributed by atoms with Gasteiger partial charge in [-0.05, 0) is 17.4 Å². The lowest BCUT2D eigenvalue weighted by molar-refractivity contribution is 0.380. The zero-order chi connectivity index (χ0) is 15.2. The topological polar surface area (TPSA) is 27.6 Å². The van der Waals surface area contributed by atoms with Crippen LogP contribution in [0.2, 0.25) is 0 Å². The zero-order valence-electron chi connectivity index (χ0n) is 13.9. The van der Waals surface area contributed by atoms with Gasteiger partial charge in [0, 0.05) is 48.5 Å². The summed E-state index contributed by atoms with van der Waals surface area (Å²) in [5.41, 5.74) is 0. The summed E-state index contributed by atoms with van der Waals surface area (Å²) in [6.45, 7) is 10.1. The Morgan fingerprint density at radius 1 is 1.45 bits per heavy atom. The molecule has 126 valence electrons. The van der Waals surface area contributed by atoms with Gasteiger partial charge in [-0.25, -0.2) is 0 Å². The first kappa shape index (κ1) is 20.1. The number of thiophene rings is 1. The maximum atomic E-state index is 4.48. The molecule has 3 nitrogen and oxygen atoms in total. The fraction of sp³-hybridized carbons (Fsp3) is 0.688. The van der Waals surface area contributed by atoms with Crippen molar-refractivity contribution >= 4 is 53.0 Å². The molecule has 2 atom stereocenters. The SMILES string of the molecule is CN=C(NCC(C)c1cccs1)N1CCSC(C(C)C)C1.I. The molecule has 1 aromatic heterocycles. The van der Waals surface area contributed by atoms with Crippen LogP contribution in [0.4, 0.5) is 0 Å². The summed E-state index contributed by atoms with van der Waals surface area (Å²) in [7, 11) is 1.89. The molecule has 2 unspecified atom stereocenters. The van der Waals surface area contributed by atoms with Crippen molar-refractivity contribution in [2.75, 3.05) is 32.4 Å². The van der Waals surface area contributed by atoms with Crippen LogP contribution in [0, 0.1) is 5.92 Å². The molecule has 0 aromatic carbocycles. The van der Waals surface area contributed by atoms with Crippen LogP contribution >= 0.6 is 47.1 Å². The highest BCUT2D eigenvalue weighted by molar-refractivity contribution is 14.0. The van der Waals surface area contributed by atoms with Crippen molar-refractivity contribution in [3.8, 4) is 0 Å². The summed E-state index contributed by atoms with van der Waals surface area (Å²) in [6, 6.07) is 4.34. The Kier molecular flexibility index (Phi) is 9.16. The summed E-state index contributed by atoms with van der Waals surface area (Å²) in [4.78, 5) is 8.34. The van der Waals surface area contributed by atoms with E-state index >= 15 is 0 Å². The largest absolute Gasteiger partial charge is 0.356 e. The third-order valence-corrected chi connectivity index (χ3v) is 6.59. The van der Waals surface area contributed by atoms with Crippen LogP contribution in [0.3, 0.4) is 0 Å². The summed E-state index contributed by atoms with van der Waals surface area (Å²) >= 11 is 3.94. The third-order valence-electron chi connectivity index (χ3n) is 3.94. The molecule has 0 amide bonds. The minimum Gasteiger partial charge on any atom is -0.356 e. The van der Waals surface area contributed by atoms with Crippen molar-refractivity contribution in [3.05, 3.63) is 22.4 Å². The maximum absolute atomic E-state index is 4.48. The predicted molar refractivity (Wildman–Crippen MR) is 112 cm³/mol. The standard InChI is InChI=1S/C16H27N3S2.HI/c1-12(2)15-11-19(7-9-21-15)16(17-4)18-10-13(3)14-6-5-8-20-14;/h5-6,8,12-13,15H,7,9-11H2,1-4H3,(H,17,18);1H. The van der Waals surface area contributed by atoms with E-state index in [0.717, 1.165) is 31.5 Å². The van der Waals surface area contributed by atoms with Gasteiger partial charge in [0.1, 0.15) is 0 Å². The molecule has 22 heavy (non-hydrogen) atoms. The van der Waals surface area contributed by atoms with Gasteiger partial charge in [-0.2, -0.15) is 11.8 Å². The number of thioether (sulfide) groups is 1. The molecule has 0 bridgehead atoms. The number of guanidine groups is 1. The summed E-state index contributed by atoms with van der Waals surface area (Å²) in [6.07, 6.45) is 0. The van der Waals surface area contributed by atoms with Crippen molar-refractivity contribution in [1.82, 2.24) is 10.2 Å². The molecule has 1 aliphatic rings. The smallest absolute Gasteiger partial charge is 0.193 e. The van der Waals surface area contributed by atoms with Gasteiger partial charge >= 0.3 is 0 Å². The molecule has 1 N–H and O–H groups in total. The first-order chi connectivity index (χ1) is 10.1. The highest BCUT2D eigenvalue weighted by Crippen LogP contribution is 2.25. The molecule has 0 saturated carbocycles. The van der Waals surface area contributed by atoms with E-state index < -0.39 is 0 Å². The van der Waals surface area contributed by atoms with Gasteiger partial charge in [-0.3, -0.25) is 4.99 Å². The van der Waals surface area contributed by atoms with E-state index in [-0.39, 0.29) is 24.0 Å². The van der Waals surface area contributed by atoms with E-state index in [4.69, 9.17) is 0 Å². The summed E-state index contributed by atoms with van der Waals surface area (Å²) in [5, 5.41) is 6.42. The number of aliphatic imine (C=N–C) groups is 1. The van der Waals surface area contributed by atoms with E-state index in [2.05, 4.69) is 65.3 Å². The molecule has 0 radical (unpaired) electrons. The molecule has 1 saturated heterocycles. The Hall–Kier alpha value is 0.0500. The highest BCUT2D eigenvalue weighted by atomic mass is 127. The molecule has 1 aromatic rings. The van der Waals surface area contributed by atoms with Crippen molar-refractivity contribution < 1.29 is 0 Å². The average Bonchev–Trinajstić information content (AvgIpc) is 3.02. The number of nitrogens with one attached hydrogen (secondary N) is 1. The van der Waals surface area contributed by atoms with Crippen LogP contribution < -0.4 is 5.32 Å². The van der Waals surface area contributed by atoms with Gasteiger partial charge in [0.25, 0.3) is 0 Å². The van der Waals surface area contributed by atoms with E-state index in [1.165, 1.54) is 10.6 Å². The highest BCUT2D eigenvalue weighted by Gasteiger charge is 2.25. The van der Waals surface area contributed by atoms with E-state index in [1.54, 1.807) is 0 Å². The van der Waals surface area contributed by atoms with Gasteiger partial charge in [0.05, 0.1) is 0 Å². The maximum Gasteiger partial charge on any atom is 0.193 e. The van der Waals surface area contributed by atoms with Crippen LogP contribution in [0.15, 0.2) is 22.5 Å². The quantitative estimate of drug-likeness (QED) is 0.422. The van der Waals surface area contributed by atoms with Crippen molar-refractivity contribution in [1.29, 1.82) is 0 Å². The average molecular weight is 453 g/mol. The number of hydrogen-bond acceptors (Lipinski definition) is 3. The lowest BCUT2D eigenvalue weighted by atomic mass is 10.1. The van der Waals surface area contributed by atoms with Crippen LogP contribution in [0.5, 0.6) is 0 Å². The van der Waals surface area contributed by atoms with E-state index in [1.807, 2.05) is 18.4 Å². The second-order valence-corrected chi connectivity index (χ2v) is 8.27. The zero-order valence-corrected chi connectivity index (χ0v) is 17.9. The number of nitrogens with zero attached hydrogens (tertiary/aromatic N) is 2. The van der Waals surface area contributed by atoms with E-state index in [9.17, 15) is 0 Å². The Labute approximate surface area is 160 Å². The van der Waals surface area contributed by atoms with Crippen molar-refractivity contribution in [2.45, 2.75) is 31.9 Å². The van der Waals surface area contributed by atoms with Crippen molar-refractivity contribution in [2.24, 2.45) is 10.9 Å². The number of hydrogen-bond donors (Lipinski definition) is 1. The van der Waals surface area contributed by atoms with Crippen LogP contribution in [-0.2, 0) is 0 Å². The second-order valence-electron chi connectivity index (χ2n) is 5.94. The monoisotopic (exact) mass is 453 g/mol. The lowest BCUT2D eigenvalue weighted by Gasteiger charge is -2.36. The molecule has 2 rings (SSSR count). The molecule has 0 spiro atoms. The van der Waals surface area contributed by atoms with Crippen LogP contribution in [-0.4, -0.2) is 48.5 Å². The fourth-order valence-corrected chi connectivity index (χ4v) is 4.61. The predicted octanol–water partition coefficient (Wildman–Crippen LogP) is 4.12. The van der Waals surface area contributed by atoms with Crippen LogP contribution in [0.1, 0.15) is 31.6 Å². The van der Waals surface area contributed by atoms with Gasteiger partial charge in [-0.15, -0.1) is 35.3 Å². The normalized spacial score (nSPS) is 20.7. The summed E-state index contributed by atoms with van der Waals surface area (Å²) in [5.74, 6) is 3.51. The lowest BCUT2D eigenvalue weighted by Crippen LogP contribution is -2.49. The first-order valence-electron chi connectivity index (χ1n) is 7.72. The Morgan fingerprint density at radius 3 is 2.82 bits per heavy atom. The van der Waals surface area contributed by atoms with Crippen LogP contribution in [0.25, 0.3) is 0 Å². The van der Waals surface area contributed by atoms with Gasteiger partial charge in [0.15, 0.2) is 5.96 Å². The Balaban J connectivity index is 0.00000242. The molecular formula is C16H28IN3S2. The molecule has 2 heterocycles. The molecular weight excluding hydrogens is 425 g/mol. The molecule has 0 aliphatic carbocycles. The van der Waals surface area contributed by atoms with Crippen molar-refractivity contribution in [3.63, 3.8) is 0 Å². The molecule has 1 fully saturated rings. The van der Waals surface area contributed by atoms with Gasteiger partial charge in [-0.1, -0.05) is 26.8 Å². The summed E-state index contributed by atoms with van der Waals surface area (Å²) < 4.78 is 0. The Morgan fingerprint density at radius 2 is 2.23 bits per heavy atom. The van der Waals surface area contributed by atoms with Gasteiger partial charge in [0.2, 0.25) is 0 Å². The first-order valence-corrected chi connectivity index (χ1v) is 9.65. The Bertz CT molecular complexity index is 448. The third kappa shape index (κ3) is 5.60. The second kappa shape index (κ2) is 10.0. The minimum absolute atomic E-state index is 0. The fourth-order valence-electron chi connectivity index (χ4n) is 2.52. The minimum atomic E-state index is 0. The molecule has 1 aliphatic heterocycles. The molecule has 6 heteroatoms. The number of halogens is 1.